The van der Waals surface area contributed by atoms with Gasteiger partial charge in [0, 0.05) is 6.54 Å². The minimum absolute atomic E-state index is 0. The second-order valence-electron chi connectivity index (χ2n) is 4.22. The van der Waals surface area contributed by atoms with Crippen molar-refractivity contribution in [2.45, 2.75) is 32.8 Å². The Balaban J connectivity index is 0.00000144. The Morgan fingerprint density at radius 3 is 2.46 bits per heavy atom. The van der Waals surface area contributed by atoms with E-state index in [-0.39, 0.29) is 29.9 Å². The second-order valence-corrected chi connectivity index (χ2v) is 4.22. The maximum absolute atomic E-state index is 11.4. The number of esters is 1. The molecule has 0 unspecified atom stereocenters. The number of hydrogen-bond acceptors (Lipinski definition) is 3. The van der Waals surface area contributed by atoms with Gasteiger partial charge in [0.25, 0.3) is 0 Å². The maximum Gasteiger partial charge on any atom is 0.310 e. The summed E-state index contributed by atoms with van der Waals surface area (Å²) in [6.45, 7) is 7.40. The number of carbonyl (C=O) groups excluding carboxylic acids is 1. The third-order valence-corrected chi connectivity index (χ3v) is 1.80. The van der Waals surface area contributed by atoms with Crippen molar-refractivity contribution in [2.24, 2.45) is 5.92 Å². The van der Waals surface area contributed by atoms with Crippen molar-refractivity contribution in [1.29, 1.82) is 0 Å². The fourth-order valence-corrected chi connectivity index (χ4v) is 1.24. The highest BCUT2D eigenvalue weighted by molar-refractivity contribution is 5.85. The number of hydrogen-bond donors (Lipinski definition) is 1. The Morgan fingerprint density at radius 2 is 2.08 bits per heavy atom. The average Bonchev–Trinajstić information content (AvgIpc) is 2.32. The molecule has 1 aliphatic rings. The maximum atomic E-state index is 11.4. The topological polar surface area (TPSA) is 38.3 Å². The molecule has 0 amide bonds. The summed E-state index contributed by atoms with van der Waals surface area (Å²) in [5, 5.41) is 3.14. The molecule has 1 fully saturated rings. The van der Waals surface area contributed by atoms with Crippen LogP contribution in [0, 0.1) is 5.92 Å². The van der Waals surface area contributed by atoms with E-state index in [9.17, 15) is 4.79 Å². The number of carbonyl (C=O) groups is 1. The molecule has 0 aromatic heterocycles. The van der Waals surface area contributed by atoms with E-state index in [1.54, 1.807) is 0 Å². The third-order valence-electron chi connectivity index (χ3n) is 1.80. The number of halogens is 1. The molecular weight excluding hydrogens is 190 g/mol. The summed E-state index contributed by atoms with van der Waals surface area (Å²) < 4.78 is 5.24. The molecule has 4 heteroatoms. The molecular formula is C9H18ClNO2. The molecule has 0 aliphatic carbocycles. The van der Waals surface area contributed by atoms with Crippen molar-refractivity contribution < 1.29 is 9.53 Å². The van der Waals surface area contributed by atoms with Gasteiger partial charge in [0.1, 0.15) is 5.60 Å². The van der Waals surface area contributed by atoms with Gasteiger partial charge >= 0.3 is 5.97 Å². The van der Waals surface area contributed by atoms with Crippen LogP contribution in [-0.2, 0) is 9.53 Å². The molecule has 0 bridgehead atoms. The zero-order valence-electron chi connectivity index (χ0n) is 8.42. The van der Waals surface area contributed by atoms with E-state index in [1.807, 2.05) is 20.8 Å². The Hall–Kier alpha value is -0.280. The van der Waals surface area contributed by atoms with Crippen molar-refractivity contribution in [3.8, 4) is 0 Å². The zero-order valence-corrected chi connectivity index (χ0v) is 9.24. The Morgan fingerprint density at radius 1 is 1.46 bits per heavy atom. The van der Waals surface area contributed by atoms with Crippen LogP contribution >= 0.6 is 12.4 Å². The lowest BCUT2D eigenvalue weighted by Gasteiger charge is -2.21. The molecule has 1 N–H and O–H groups in total. The summed E-state index contributed by atoms with van der Waals surface area (Å²) >= 11 is 0. The van der Waals surface area contributed by atoms with Gasteiger partial charge in [0.05, 0.1) is 5.92 Å². The summed E-state index contributed by atoms with van der Waals surface area (Å²) in [4.78, 5) is 11.4. The second kappa shape index (κ2) is 4.82. The predicted octanol–water partition coefficient (Wildman–Crippen LogP) is 1.36. The van der Waals surface area contributed by atoms with Gasteiger partial charge < -0.3 is 10.1 Å². The standard InChI is InChI=1S/C9H17NO2.ClH/c1-9(2,3)12-8(11)7-4-5-10-6-7;/h7,10H,4-6H2,1-3H3;1H/t7-;/m1./s1. The summed E-state index contributed by atoms with van der Waals surface area (Å²) in [6.07, 6.45) is 0.912. The Bertz CT molecular complexity index is 171. The summed E-state index contributed by atoms with van der Waals surface area (Å²) in [5.41, 5.74) is -0.348. The van der Waals surface area contributed by atoms with E-state index >= 15 is 0 Å². The smallest absolute Gasteiger partial charge is 0.310 e. The lowest BCUT2D eigenvalue weighted by molar-refractivity contribution is -0.159. The summed E-state index contributed by atoms with van der Waals surface area (Å²) in [6, 6.07) is 0. The van der Waals surface area contributed by atoms with Crippen LogP contribution in [0.4, 0.5) is 0 Å². The first-order chi connectivity index (χ1) is 5.49. The molecule has 1 heterocycles. The molecule has 78 valence electrons. The van der Waals surface area contributed by atoms with Crippen LogP contribution in [-0.4, -0.2) is 24.7 Å². The van der Waals surface area contributed by atoms with Crippen LogP contribution in [0.3, 0.4) is 0 Å². The fourth-order valence-electron chi connectivity index (χ4n) is 1.24. The van der Waals surface area contributed by atoms with Crippen molar-refractivity contribution in [3.05, 3.63) is 0 Å². The Kier molecular flexibility index (Phi) is 4.71. The highest BCUT2D eigenvalue weighted by atomic mass is 35.5. The molecule has 1 aliphatic heterocycles. The molecule has 0 radical (unpaired) electrons. The van der Waals surface area contributed by atoms with Gasteiger partial charge in [0.15, 0.2) is 0 Å². The van der Waals surface area contributed by atoms with E-state index in [0.717, 1.165) is 19.5 Å². The van der Waals surface area contributed by atoms with Gasteiger partial charge in [-0.2, -0.15) is 0 Å². The van der Waals surface area contributed by atoms with Gasteiger partial charge in [-0.3, -0.25) is 4.79 Å². The first-order valence-corrected chi connectivity index (χ1v) is 4.42. The van der Waals surface area contributed by atoms with Crippen LogP contribution in [0.2, 0.25) is 0 Å². The molecule has 1 atom stereocenters. The van der Waals surface area contributed by atoms with Crippen LogP contribution < -0.4 is 5.32 Å². The van der Waals surface area contributed by atoms with E-state index < -0.39 is 0 Å². The van der Waals surface area contributed by atoms with Gasteiger partial charge in [-0.1, -0.05) is 0 Å². The molecule has 1 rings (SSSR count). The van der Waals surface area contributed by atoms with Gasteiger partial charge in [-0.05, 0) is 33.7 Å². The predicted molar refractivity (Wildman–Crippen MR) is 54.1 cm³/mol. The van der Waals surface area contributed by atoms with E-state index in [2.05, 4.69) is 5.32 Å². The highest BCUT2D eigenvalue weighted by Gasteiger charge is 2.27. The van der Waals surface area contributed by atoms with Gasteiger partial charge in [-0.15, -0.1) is 12.4 Å². The minimum atomic E-state index is -0.348. The van der Waals surface area contributed by atoms with E-state index in [0.29, 0.717) is 0 Å². The number of rotatable bonds is 1. The third kappa shape index (κ3) is 4.48. The largest absolute Gasteiger partial charge is 0.460 e. The molecule has 0 aromatic rings. The molecule has 1 saturated heterocycles. The monoisotopic (exact) mass is 207 g/mol. The lowest BCUT2D eigenvalue weighted by atomic mass is 10.1. The first kappa shape index (κ1) is 12.7. The molecule has 0 spiro atoms. The van der Waals surface area contributed by atoms with Crippen molar-refractivity contribution >= 4 is 18.4 Å². The van der Waals surface area contributed by atoms with Gasteiger partial charge in [-0.25, -0.2) is 0 Å². The summed E-state index contributed by atoms with van der Waals surface area (Å²) in [5.74, 6) is 0.0109. The minimum Gasteiger partial charge on any atom is -0.460 e. The van der Waals surface area contributed by atoms with Crippen LogP contribution in [0.5, 0.6) is 0 Å². The SMILES string of the molecule is CC(C)(C)OC(=O)[C@@H]1CCNC1.Cl. The quantitative estimate of drug-likeness (QED) is 0.660. The zero-order chi connectivity index (χ0) is 9.19. The molecule has 0 aromatic carbocycles. The first-order valence-electron chi connectivity index (χ1n) is 4.42. The van der Waals surface area contributed by atoms with Crippen LogP contribution in [0.15, 0.2) is 0 Å². The van der Waals surface area contributed by atoms with Gasteiger partial charge in [0.2, 0.25) is 0 Å². The van der Waals surface area contributed by atoms with E-state index in [1.165, 1.54) is 0 Å². The fraction of sp³-hybridized carbons (Fsp3) is 0.889. The van der Waals surface area contributed by atoms with Crippen LogP contribution in [0.25, 0.3) is 0 Å². The summed E-state index contributed by atoms with van der Waals surface area (Å²) in [7, 11) is 0. The normalized spacial score (nSPS) is 22.2. The molecule has 0 saturated carbocycles. The van der Waals surface area contributed by atoms with Crippen molar-refractivity contribution in [2.75, 3.05) is 13.1 Å². The number of ether oxygens (including phenoxy) is 1. The van der Waals surface area contributed by atoms with Crippen LogP contribution in [0.1, 0.15) is 27.2 Å². The van der Waals surface area contributed by atoms with E-state index in [4.69, 9.17) is 4.74 Å². The lowest BCUT2D eigenvalue weighted by Crippen LogP contribution is -2.29. The Labute approximate surface area is 85.6 Å². The molecule has 3 nitrogen and oxygen atoms in total. The number of nitrogens with one attached hydrogen (secondary N) is 1. The molecule has 13 heavy (non-hydrogen) atoms. The van der Waals surface area contributed by atoms with Crippen molar-refractivity contribution in [3.63, 3.8) is 0 Å². The average molecular weight is 208 g/mol. The highest BCUT2D eigenvalue weighted by Crippen LogP contribution is 2.15. The van der Waals surface area contributed by atoms with Crippen molar-refractivity contribution in [1.82, 2.24) is 5.32 Å².